The Hall–Kier alpha value is -3.12. The number of rotatable bonds is 6. The number of aromatic carboxylic acids is 1. The Labute approximate surface area is 247 Å². The third kappa shape index (κ3) is 5.81. The van der Waals surface area contributed by atoms with Crippen LogP contribution in [-0.2, 0) is 16.1 Å². The average Bonchev–Trinajstić information content (AvgIpc) is 3.13. The van der Waals surface area contributed by atoms with E-state index < -0.39 is 17.2 Å². The van der Waals surface area contributed by atoms with E-state index >= 15 is 4.39 Å². The Bertz CT molecular complexity index is 1470. The number of carboxylic acid groups (broad SMARTS) is 1. The minimum absolute atomic E-state index is 0.0491. The van der Waals surface area contributed by atoms with Crippen molar-refractivity contribution < 1.29 is 23.8 Å². The molecule has 2 aliphatic heterocycles. The molecule has 0 bridgehead atoms. The van der Waals surface area contributed by atoms with Crippen LogP contribution in [0.15, 0.2) is 33.7 Å². The molecule has 2 fully saturated rings. The molecule has 2 atom stereocenters. The first-order chi connectivity index (χ1) is 19.7. The van der Waals surface area contributed by atoms with Gasteiger partial charge in [0.15, 0.2) is 5.11 Å². The zero-order valence-corrected chi connectivity index (χ0v) is 24.9. The number of aromatic nitrogens is 1. The first kappa shape index (κ1) is 29.4. The van der Waals surface area contributed by atoms with E-state index in [2.05, 4.69) is 5.32 Å². The fourth-order valence-corrected chi connectivity index (χ4v) is 7.95. The second-order valence-corrected chi connectivity index (χ2v) is 12.2. The van der Waals surface area contributed by atoms with E-state index in [1.54, 1.807) is 22.4 Å². The molecule has 41 heavy (non-hydrogen) atoms. The quantitative estimate of drug-likeness (QED) is 0.367. The molecule has 0 radical (unpaired) electrons. The van der Waals surface area contributed by atoms with Gasteiger partial charge in [0.05, 0.1) is 28.4 Å². The van der Waals surface area contributed by atoms with Gasteiger partial charge in [-0.05, 0) is 51.0 Å². The van der Waals surface area contributed by atoms with E-state index in [1.165, 1.54) is 12.6 Å². The van der Waals surface area contributed by atoms with Gasteiger partial charge < -0.3 is 29.5 Å². The summed E-state index contributed by atoms with van der Waals surface area (Å²) in [6, 6.07) is 2.77. The van der Waals surface area contributed by atoms with Crippen LogP contribution in [0.5, 0.6) is 0 Å². The van der Waals surface area contributed by atoms with Crippen molar-refractivity contribution in [1.29, 1.82) is 0 Å². The predicted octanol–water partition coefficient (Wildman–Crippen LogP) is 4.33. The zero-order chi connectivity index (χ0) is 29.3. The van der Waals surface area contributed by atoms with Crippen LogP contribution in [0.3, 0.4) is 0 Å². The number of carbonyl (C=O) groups is 2. The smallest absolute Gasteiger partial charge is 0.341 e. The van der Waals surface area contributed by atoms with Crippen LogP contribution < -0.4 is 15.6 Å². The number of carboxylic acids is 1. The van der Waals surface area contributed by atoms with Crippen LogP contribution in [0, 0.1) is 11.7 Å². The molecule has 2 N–H and O–H groups in total. The number of hydrogen-bond donors (Lipinski definition) is 2. The Morgan fingerprint density at radius 1 is 1.15 bits per heavy atom. The average molecular weight is 603 g/mol. The first-order valence-electron chi connectivity index (χ1n) is 14.2. The van der Waals surface area contributed by atoms with Crippen LogP contribution in [0.2, 0.25) is 0 Å². The molecule has 3 heterocycles. The summed E-state index contributed by atoms with van der Waals surface area (Å²) in [4.78, 5) is 41.1. The predicted molar refractivity (Wildman–Crippen MR) is 162 cm³/mol. The maximum atomic E-state index is 15.3. The fourth-order valence-electron chi connectivity index (χ4n) is 6.06. The number of carbonyl (C=O) groups excluding carboxylic acids is 1. The third-order valence-electron chi connectivity index (χ3n) is 8.18. The van der Waals surface area contributed by atoms with Gasteiger partial charge in [0, 0.05) is 55.5 Å². The Morgan fingerprint density at radius 2 is 1.88 bits per heavy atom. The second-order valence-electron chi connectivity index (χ2n) is 10.6. The lowest BCUT2D eigenvalue weighted by Gasteiger charge is -2.37. The molecule has 1 saturated carbocycles. The second kappa shape index (κ2) is 12.4. The fraction of sp³-hybridized carbons (Fsp3) is 0.517. The van der Waals surface area contributed by atoms with Crippen molar-refractivity contribution in [2.75, 3.05) is 37.7 Å². The Balaban J connectivity index is 1.32. The van der Waals surface area contributed by atoms with Gasteiger partial charge in [-0.15, -0.1) is 11.8 Å². The van der Waals surface area contributed by atoms with E-state index in [9.17, 15) is 19.5 Å². The van der Waals surface area contributed by atoms with Gasteiger partial charge in [-0.25, -0.2) is 14.0 Å². The van der Waals surface area contributed by atoms with E-state index in [4.69, 9.17) is 17.0 Å². The van der Waals surface area contributed by atoms with Gasteiger partial charge in [0.1, 0.15) is 11.4 Å². The van der Waals surface area contributed by atoms with E-state index in [-0.39, 0.29) is 22.8 Å². The van der Waals surface area contributed by atoms with Crippen molar-refractivity contribution in [3.8, 4) is 0 Å². The molecule has 12 heteroatoms. The van der Waals surface area contributed by atoms with Gasteiger partial charge >= 0.3 is 11.9 Å². The van der Waals surface area contributed by atoms with Crippen molar-refractivity contribution in [2.24, 2.45) is 5.92 Å². The SMILES string of the molecule is CCOC(=O)C1=C(NC(=S)N2CCN(c3cc4c(cc3F)c(=O)c(C(=O)O)cn4CC)CC2)S[C@@H]2CCCCC[C@H]12. The highest BCUT2D eigenvalue weighted by molar-refractivity contribution is 8.04. The number of thioether (sulfide) groups is 1. The van der Waals surface area contributed by atoms with Gasteiger partial charge in [-0.1, -0.05) is 19.3 Å². The summed E-state index contributed by atoms with van der Waals surface area (Å²) in [6.45, 7) is 6.49. The van der Waals surface area contributed by atoms with Crippen molar-refractivity contribution in [1.82, 2.24) is 14.8 Å². The molecule has 1 aliphatic carbocycles. The summed E-state index contributed by atoms with van der Waals surface area (Å²) in [7, 11) is 0. The molecule has 0 amide bonds. The molecular formula is C29H35FN4O5S2. The number of piperazine rings is 1. The summed E-state index contributed by atoms with van der Waals surface area (Å²) >= 11 is 7.47. The van der Waals surface area contributed by atoms with Crippen LogP contribution in [-0.4, -0.2) is 69.7 Å². The number of nitrogens with zero attached hydrogens (tertiary/aromatic N) is 3. The molecule has 1 aromatic carbocycles. The maximum Gasteiger partial charge on any atom is 0.341 e. The van der Waals surface area contributed by atoms with Crippen molar-refractivity contribution in [3.63, 3.8) is 0 Å². The lowest BCUT2D eigenvalue weighted by Crippen LogP contribution is -2.51. The number of fused-ring (bicyclic) bond motifs is 2. The topological polar surface area (TPSA) is 104 Å². The van der Waals surface area contributed by atoms with E-state index in [0.29, 0.717) is 60.9 Å². The molecule has 220 valence electrons. The summed E-state index contributed by atoms with van der Waals surface area (Å²) in [5.74, 6) is -2.00. The van der Waals surface area contributed by atoms with Crippen LogP contribution in [0.4, 0.5) is 10.1 Å². The number of hydrogen-bond acceptors (Lipinski definition) is 7. The highest BCUT2D eigenvalue weighted by Crippen LogP contribution is 2.47. The summed E-state index contributed by atoms with van der Waals surface area (Å²) in [5, 5.41) is 14.5. The molecule has 2 aromatic rings. The number of halogens is 1. The summed E-state index contributed by atoms with van der Waals surface area (Å²) in [5.41, 5.74) is 0.501. The molecule has 5 rings (SSSR count). The van der Waals surface area contributed by atoms with Gasteiger partial charge in [-0.3, -0.25) is 4.79 Å². The van der Waals surface area contributed by atoms with Crippen LogP contribution in [0.1, 0.15) is 56.3 Å². The largest absolute Gasteiger partial charge is 0.477 e. The highest BCUT2D eigenvalue weighted by Gasteiger charge is 2.41. The van der Waals surface area contributed by atoms with Crippen LogP contribution in [0.25, 0.3) is 10.9 Å². The molecule has 1 saturated heterocycles. The normalized spacial score (nSPS) is 21.0. The standard InChI is InChI=1S/C29H35FN4O5S2/c1-3-32-16-19(27(36)37)25(35)18-14-20(30)22(15-21(18)32)33-10-12-34(13-11-33)29(40)31-26-24(28(38)39-4-2)17-8-6-5-7-9-23(17)41-26/h14-17,23H,3-13H2,1-2H3,(H,31,40)(H,36,37)/t17-,23+/m0/s1. The van der Waals surface area contributed by atoms with Gasteiger partial charge in [0.25, 0.3) is 0 Å². The monoisotopic (exact) mass is 602 g/mol. The first-order valence-corrected chi connectivity index (χ1v) is 15.5. The van der Waals surface area contributed by atoms with E-state index in [0.717, 1.165) is 42.4 Å². The lowest BCUT2D eigenvalue weighted by atomic mass is 9.92. The number of benzene rings is 1. The van der Waals surface area contributed by atoms with Gasteiger partial charge in [0.2, 0.25) is 5.43 Å². The van der Waals surface area contributed by atoms with Crippen LogP contribution >= 0.6 is 24.0 Å². The molecular weight excluding hydrogens is 567 g/mol. The number of aryl methyl sites for hydroxylation is 1. The maximum absolute atomic E-state index is 15.3. The molecule has 3 aliphatic rings. The van der Waals surface area contributed by atoms with E-state index in [1.807, 2.05) is 23.6 Å². The third-order valence-corrected chi connectivity index (χ3v) is 9.97. The van der Waals surface area contributed by atoms with Crippen molar-refractivity contribution >= 4 is 57.6 Å². The number of nitrogens with one attached hydrogen (secondary N) is 1. The number of esters is 1. The minimum atomic E-state index is -1.33. The van der Waals surface area contributed by atoms with Crippen molar-refractivity contribution in [2.45, 2.75) is 57.7 Å². The molecule has 9 nitrogen and oxygen atoms in total. The van der Waals surface area contributed by atoms with Crippen molar-refractivity contribution in [3.05, 3.63) is 50.5 Å². The number of anilines is 1. The Morgan fingerprint density at radius 3 is 2.56 bits per heavy atom. The zero-order valence-electron chi connectivity index (χ0n) is 23.3. The number of thiocarbonyl (C=S) groups is 1. The Kier molecular flexibility index (Phi) is 8.88. The lowest BCUT2D eigenvalue weighted by molar-refractivity contribution is -0.139. The molecule has 0 spiro atoms. The number of ether oxygens (including phenoxy) is 1. The van der Waals surface area contributed by atoms with Gasteiger partial charge in [-0.2, -0.15) is 0 Å². The summed E-state index contributed by atoms with van der Waals surface area (Å²) in [6.07, 6.45) is 6.80. The molecule has 0 unspecified atom stereocenters. The highest BCUT2D eigenvalue weighted by atomic mass is 32.2. The molecule has 1 aromatic heterocycles. The minimum Gasteiger partial charge on any atom is -0.477 e. The number of pyridine rings is 1. The summed E-state index contributed by atoms with van der Waals surface area (Å²) < 4.78 is 22.4.